The van der Waals surface area contributed by atoms with E-state index >= 15 is 0 Å². The first-order valence-corrected chi connectivity index (χ1v) is 8.15. The number of rotatable bonds is 5. The minimum atomic E-state index is -1.28. The van der Waals surface area contributed by atoms with Crippen molar-refractivity contribution in [2.75, 3.05) is 17.7 Å². The fraction of sp³-hybridized carbons (Fsp3) is 0.263. The molecule has 5 nitrogen and oxygen atoms in total. The van der Waals surface area contributed by atoms with Crippen LogP contribution in [-0.4, -0.2) is 18.9 Å². The average Bonchev–Trinajstić information content (AvgIpc) is 2.58. The highest BCUT2D eigenvalue weighted by Crippen LogP contribution is 2.26. The fourth-order valence-corrected chi connectivity index (χ4v) is 2.27. The summed E-state index contributed by atoms with van der Waals surface area (Å²) in [6.07, 6.45) is 0. The first-order chi connectivity index (χ1) is 11.7. The number of carbonyl (C=O) groups excluding carboxylic acids is 2. The molecule has 0 aliphatic carbocycles. The summed E-state index contributed by atoms with van der Waals surface area (Å²) in [5.74, 6) is -0.217. The number of methoxy groups -OCH3 is 1. The van der Waals surface area contributed by atoms with Crippen LogP contribution in [0.4, 0.5) is 11.4 Å². The van der Waals surface area contributed by atoms with Crippen molar-refractivity contribution in [3.63, 3.8) is 0 Å². The molecule has 0 fully saturated rings. The smallest absolute Gasteiger partial charge is 0.239 e. The van der Waals surface area contributed by atoms with Crippen LogP contribution in [0.15, 0.2) is 42.5 Å². The molecule has 2 rings (SSSR count). The molecule has 132 valence electrons. The monoisotopic (exact) mass is 360 g/mol. The predicted molar refractivity (Wildman–Crippen MR) is 100 cm³/mol. The third-order valence-electron chi connectivity index (χ3n) is 3.91. The molecule has 2 N–H and O–H groups in total. The number of anilines is 2. The molecule has 2 aromatic carbocycles. The zero-order chi connectivity index (χ0) is 18.6. The molecule has 0 aliphatic heterocycles. The van der Waals surface area contributed by atoms with E-state index in [-0.39, 0.29) is 0 Å². The number of amides is 2. The van der Waals surface area contributed by atoms with Gasteiger partial charge in [-0.3, -0.25) is 9.59 Å². The Bertz CT molecular complexity index is 803. The molecule has 6 heteroatoms. The molecule has 0 bridgehead atoms. The minimum Gasteiger partial charge on any atom is -0.497 e. The van der Waals surface area contributed by atoms with Gasteiger partial charge < -0.3 is 15.4 Å². The highest BCUT2D eigenvalue weighted by molar-refractivity contribution is 6.31. The lowest BCUT2D eigenvalue weighted by atomic mass is 9.90. The van der Waals surface area contributed by atoms with E-state index < -0.39 is 17.2 Å². The molecular weight excluding hydrogens is 340 g/mol. The summed E-state index contributed by atoms with van der Waals surface area (Å²) in [6.45, 7) is 4.99. The van der Waals surface area contributed by atoms with Crippen molar-refractivity contribution < 1.29 is 14.3 Å². The third-order valence-corrected chi connectivity index (χ3v) is 4.15. The maximum Gasteiger partial charge on any atom is 0.239 e. The van der Waals surface area contributed by atoms with Gasteiger partial charge >= 0.3 is 0 Å². The quantitative estimate of drug-likeness (QED) is 0.783. The Morgan fingerprint density at radius 3 is 2.40 bits per heavy atom. The topological polar surface area (TPSA) is 67.4 Å². The second kappa shape index (κ2) is 7.57. The van der Waals surface area contributed by atoms with E-state index in [0.29, 0.717) is 22.1 Å². The van der Waals surface area contributed by atoms with Crippen molar-refractivity contribution >= 4 is 34.8 Å². The van der Waals surface area contributed by atoms with Gasteiger partial charge in [0.05, 0.1) is 7.11 Å². The van der Waals surface area contributed by atoms with Crippen molar-refractivity contribution in [1.82, 2.24) is 0 Å². The zero-order valence-corrected chi connectivity index (χ0v) is 15.4. The van der Waals surface area contributed by atoms with Crippen LogP contribution in [0.3, 0.4) is 0 Å². The van der Waals surface area contributed by atoms with Crippen molar-refractivity contribution in [3.05, 3.63) is 53.1 Å². The summed E-state index contributed by atoms with van der Waals surface area (Å²) in [5.41, 5.74) is 0.725. The van der Waals surface area contributed by atoms with Gasteiger partial charge in [-0.05, 0) is 50.6 Å². The predicted octanol–water partition coefficient (Wildman–Crippen LogP) is 4.26. The molecule has 0 atom stereocenters. The van der Waals surface area contributed by atoms with E-state index in [4.69, 9.17) is 16.3 Å². The molecule has 0 heterocycles. The van der Waals surface area contributed by atoms with Gasteiger partial charge in [-0.15, -0.1) is 0 Å². The van der Waals surface area contributed by atoms with E-state index in [1.807, 2.05) is 6.92 Å². The number of ether oxygens (including phenoxy) is 1. The lowest BCUT2D eigenvalue weighted by Crippen LogP contribution is -2.41. The Morgan fingerprint density at radius 1 is 1.04 bits per heavy atom. The standard InChI is InChI=1S/C19H21ClN2O3/c1-12-8-9-13(20)10-16(12)22-18(24)19(2,3)17(23)21-14-6-5-7-15(11-14)25-4/h5-11H,1-4H3,(H,21,23)(H,22,24). The first kappa shape index (κ1) is 18.8. The van der Waals surface area contributed by atoms with Crippen LogP contribution in [-0.2, 0) is 9.59 Å². The second-order valence-corrected chi connectivity index (χ2v) is 6.66. The van der Waals surface area contributed by atoms with E-state index in [2.05, 4.69) is 10.6 Å². The van der Waals surface area contributed by atoms with Crippen LogP contribution < -0.4 is 15.4 Å². The Kier molecular flexibility index (Phi) is 5.69. The number of benzene rings is 2. The highest BCUT2D eigenvalue weighted by Gasteiger charge is 2.36. The highest BCUT2D eigenvalue weighted by atomic mass is 35.5. The zero-order valence-electron chi connectivity index (χ0n) is 14.6. The molecule has 0 spiro atoms. The van der Waals surface area contributed by atoms with Crippen LogP contribution in [0.25, 0.3) is 0 Å². The van der Waals surface area contributed by atoms with Gasteiger partial charge in [0.25, 0.3) is 0 Å². The molecule has 0 saturated carbocycles. The summed E-state index contributed by atoms with van der Waals surface area (Å²) in [6, 6.07) is 12.2. The van der Waals surface area contributed by atoms with Crippen LogP contribution in [0, 0.1) is 12.3 Å². The fourth-order valence-electron chi connectivity index (χ4n) is 2.10. The van der Waals surface area contributed by atoms with Crippen molar-refractivity contribution in [3.8, 4) is 5.75 Å². The van der Waals surface area contributed by atoms with Gasteiger partial charge in [0, 0.05) is 22.5 Å². The van der Waals surface area contributed by atoms with Crippen LogP contribution in [0.1, 0.15) is 19.4 Å². The molecule has 0 aromatic heterocycles. The SMILES string of the molecule is COc1cccc(NC(=O)C(C)(C)C(=O)Nc2cc(Cl)ccc2C)c1. The number of halogens is 1. The van der Waals surface area contributed by atoms with Gasteiger partial charge in [0.15, 0.2) is 0 Å². The molecule has 2 aromatic rings. The first-order valence-electron chi connectivity index (χ1n) is 7.77. The number of hydrogen-bond donors (Lipinski definition) is 2. The van der Waals surface area contributed by atoms with Crippen LogP contribution in [0.5, 0.6) is 5.75 Å². The summed E-state index contributed by atoms with van der Waals surface area (Å²) < 4.78 is 5.13. The van der Waals surface area contributed by atoms with E-state index in [9.17, 15) is 9.59 Å². The van der Waals surface area contributed by atoms with Crippen molar-refractivity contribution in [1.29, 1.82) is 0 Å². The Hall–Kier alpha value is -2.53. The molecule has 2 amide bonds. The number of carbonyl (C=O) groups is 2. The molecular formula is C19H21ClN2O3. The lowest BCUT2D eigenvalue weighted by molar-refractivity contribution is -0.135. The molecule has 25 heavy (non-hydrogen) atoms. The number of hydrogen-bond acceptors (Lipinski definition) is 3. The molecule has 0 saturated heterocycles. The van der Waals surface area contributed by atoms with Gasteiger partial charge in [0.2, 0.25) is 11.8 Å². The molecule has 0 unspecified atom stereocenters. The Balaban J connectivity index is 2.14. The van der Waals surface area contributed by atoms with E-state index in [1.165, 1.54) is 0 Å². The number of aryl methyl sites for hydroxylation is 1. The lowest BCUT2D eigenvalue weighted by Gasteiger charge is -2.23. The maximum absolute atomic E-state index is 12.6. The largest absolute Gasteiger partial charge is 0.497 e. The average molecular weight is 361 g/mol. The molecule has 0 radical (unpaired) electrons. The Labute approximate surface area is 152 Å². The summed E-state index contributed by atoms with van der Waals surface area (Å²) in [4.78, 5) is 25.2. The van der Waals surface area contributed by atoms with Gasteiger partial charge in [-0.2, -0.15) is 0 Å². The third kappa shape index (κ3) is 4.51. The minimum absolute atomic E-state index is 0.418. The normalized spacial score (nSPS) is 10.9. The summed E-state index contributed by atoms with van der Waals surface area (Å²) >= 11 is 5.97. The van der Waals surface area contributed by atoms with Crippen molar-refractivity contribution in [2.24, 2.45) is 5.41 Å². The molecule has 0 aliphatic rings. The van der Waals surface area contributed by atoms with E-state index in [1.54, 1.807) is 63.4 Å². The van der Waals surface area contributed by atoms with Gasteiger partial charge in [-0.1, -0.05) is 23.7 Å². The second-order valence-electron chi connectivity index (χ2n) is 6.22. The summed E-state index contributed by atoms with van der Waals surface area (Å²) in [7, 11) is 1.55. The summed E-state index contributed by atoms with van der Waals surface area (Å²) in [5, 5.41) is 6.03. The van der Waals surface area contributed by atoms with Gasteiger partial charge in [-0.25, -0.2) is 0 Å². The van der Waals surface area contributed by atoms with Crippen LogP contribution in [0.2, 0.25) is 5.02 Å². The van der Waals surface area contributed by atoms with Crippen LogP contribution >= 0.6 is 11.6 Å². The maximum atomic E-state index is 12.6. The van der Waals surface area contributed by atoms with Gasteiger partial charge in [0.1, 0.15) is 11.2 Å². The number of nitrogens with one attached hydrogen (secondary N) is 2. The van der Waals surface area contributed by atoms with Crippen molar-refractivity contribution in [2.45, 2.75) is 20.8 Å². The van der Waals surface area contributed by atoms with E-state index in [0.717, 1.165) is 5.56 Å². The Morgan fingerprint density at radius 2 is 1.72 bits per heavy atom.